The van der Waals surface area contributed by atoms with Crippen molar-refractivity contribution in [2.24, 2.45) is 11.1 Å². The predicted octanol–water partition coefficient (Wildman–Crippen LogP) is 1.66. The average Bonchev–Trinajstić information content (AvgIpc) is 2.02. The van der Waals surface area contributed by atoms with E-state index in [4.69, 9.17) is 10.5 Å². The number of hydrogen-bond donors (Lipinski definition) is 1. The van der Waals surface area contributed by atoms with E-state index >= 15 is 0 Å². The molecule has 0 aromatic heterocycles. The Morgan fingerprint density at radius 3 is 2.50 bits per heavy atom. The van der Waals surface area contributed by atoms with Crippen molar-refractivity contribution in [3.63, 3.8) is 0 Å². The van der Waals surface area contributed by atoms with Crippen molar-refractivity contribution in [3.05, 3.63) is 0 Å². The molecule has 1 atom stereocenters. The van der Waals surface area contributed by atoms with Crippen LogP contribution in [0.15, 0.2) is 0 Å². The summed E-state index contributed by atoms with van der Waals surface area (Å²) in [4.78, 5) is 11.0. The molecule has 0 aliphatic rings. The first-order valence-electron chi connectivity index (χ1n) is 4.87. The van der Waals surface area contributed by atoms with E-state index in [1.807, 2.05) is 6.92 Å². The minimum atomic E-state index is -0.154. The molecule has 0 saturated heterocycles. The van der Waals surface area contributed by atoms with Crippen molar-refractivity contribution in [1.29, 1.82) is 0 Å². The number of esters is 1. The number of hydrogen-bond acceptors (Lipinski definition) is 4. The molecule has 0 aromatic rings. The number of carbonyl (C=O) groups excluding carboxylic acids is 1. The summed E-state index contributed by atoms with van der Waals surface area (Å²) >= 11 is 1.54. The molecular weight excluding hydrogens is 198 g/mol. The molecule has 84 valence electrons. The van der Waals surface area contributed by atoms with E-state index in [9.17, 15) is 4.79 Å². The summed E-state index contributed by atoms with van der Waals surface area (Å²) in [6, 6.07) is 0.113. The number of rotatable bonds is 5. The van der Waals surface area contributed by atoms with Crippen LogP contribution >= 0.6 is 11.8 Å². The Morgan fingerprint density at radius 1 is 1.50 bits per heavy atom. The third-order valence-electron chi connectivity index (χ3n) is 1.94. The van der Waals surface area contributed by atoms with Gasteiger partial charge in [0.1, 0.15) is 0 Å². The van der Waals surface area contributed by atoms with Gasteiger partial charge in [0.25, 0.3) is 0 Å². The molecule has 0 aliphatic heterocycles. The highest BCUT2D eigenvalue weighted by Crippen LogP contribution is 2.20. The van der Waals surface area contributed by atoms with E-state index in [-0.39, 0.29) is 17.4 Å². The summed E-state index contributed by atoms with van der Waals surface area (Å²) in [5.41, 5.74) is 6.04. The standard InChI is InChI=1S/C10H21NO2S/c1-5-13-9(12)7-14-6-8(11)10(2,3)4/h8H,5-7,11H2,1-4H3. The smallest absolute Gasteiger partial charge is 0.315 e. The molecule has 0 bridgehead atoms. The molecule has 1 unspecified atom stereocenters. The first kappa shape index (κ1) is 13.8. The van der Waals surface area contributed by atoms with E-state index < -0.39 is 0 Å². The summed E-state index contributed by atoms with van der Waals surface area (Å²) < 4.78 is 4.81. The Labute approximate surface area is 90.8 Å². The molecule has 0 amide bonds. The SMILES string of the molecule is CCOC(=O)CSCC(N)C(C)(C)C. The molecule has 3 nitrogen and oxygen atoms in total. The van der Waals surface area contributed by atoms with Gasteiger partial charge in [0.2, 0.25) is 0 Å². The minimum absolute atomic E-state index is 0.0989. The third kappa shape index (κ3) is 6.27. The van der Waals surface area contributed by atoms with Crippen LogP contribution in [0.5, 0.6) is 0 Å². The van der Waals surface area contributed by atoms with Crippen LogP contribution in [0.1, 0.15) is 27.7 Å². The molecule has 0 fully saturated rings. The summed E-state index contributed by atoms with van der Waals surface area (Å²) in [6.07, 6.45) is 0. The van der Waals surface area contributed by atoms with Gasteiger partial charge in [0.05, 0.1) is 12.4 Å². The Kier molecular flexibility index (Phi) is 6.20. The van der Waals surface area contributed by atoms with E-state index in [1.54, 1.807) is 0 Å². The lowest BCUT2D eigenvalue weighted by atomic mass is 9.89. The van der Waals surface area contributed by atoms with Crippen LogP contribution in [-0.2, 0) is 9.53 Å². The Balaban J connectivity index is 3.59. The third-order valence-corrected chi connectivity index (χ3v) is 2.97. The molecule has 2 N–H and O–H groups in total. The quantitative estimate of drug-likeness (QED) is 0.714. The Bertz CT molecular complexity index is 177. The molecular formula is C10H21NO2S. The molecule has 0 heterocycles. The summed E-state index contributed by atoms with van der Waals surface area (Å²) in [5.74, 6) is 1.04. The second kappa shape index (κ2) is 6.30. The molecule has 0 saturated carbocycles. The number of nitrogens with two attached hydrogens (primary N) is 1. The fraction of sp³-hybridized carbons (Fsp3) is 0.900. The number of ether oxygens (including phenoxy) is 1. The van der Waals surface area contributed by atoms with Crippen LogP contribution in [0.2, 0.25) is 0 Å². The van der Waals surface area contributed by atoms with Gasteiger partial charge in [0.15, 0.2) is 0 Å². The monoisotopic (exact) mass is 219 g/mol. The van der Waals surface area contributed by atoms with Crippen molar-refractivity contribution in [2.45, 2.75) is 33.7 Å². The maximum absolute atomic E-state index is 11.0. The first-order chi connectivity index (χ1) is 6.38. The van der Waals surface area contributed by atoms with Gasteiger partial charge in [-0.15, -0.1) is 11.8 Å². The van der Waals surface area contributed by atoms with Gasteiger partial charge >= 0.3 is 5.97 Å². The fourth-order valence-corrected chi connectivity index (χ4v) is 1.84. The lowest BCUT2D eigenvalue weighted by molar-refractivity contribution is -0.139. The van der Waals surface area contributed by atoms with Crippen LogP contribution in [0.3, 0.4) is 0 Å². The van der Waals surface area contributed by atoms with Gasteiger partial charge in [-0.25, -0.2) is 0 Å². The van der Waals surface area contributed by atoms with Crippen LogP contribution in [-0.4, -0.2) is 30.1 Å². The molecule has 0 radical (unpaired) electrons. The normalized spacial score (nSPS) is 13.8. The van der Waals surface area contributed by atoms with Crippen LogP contribution in [0.25, 0.3) is 0 Å². The summed E-state index contributed by atoms with van der Waals surface area (Å²) in [6.45, 7) is 8.56. The zero-order valence-corrected chi connectivity index (χ0v) is 10.3. The van der Waals surface area contributed by atoms with Crippen LogP contribution in [0.4, 0.5) is 0 Å². The van der Waals surface area contributed by atoms with E-state index in [2.05, 4.69) is 20.8 Å². The predicted molar refractivity (Wildman–Crippen MR) is 61.4 cm³/mol. The molecule has 0 aliphatic carbocycles. The van der Waals surface area contributed by atoms with Crippen molar-refractivity contribution in [2.75, 3.05) is 18.1 Å². The highest BCUT2D eigenvalue weighted by molar-refractivity contribution is 7.99. The molecule has 0 rings (SSSR count). The lowest BCUT2D eigenvalue weighted by Crippen LogP contribution is -2.37. The highest BCUT2D eigenvalue weighted by Gasteiger charge is 2.20. The Hall–Kier alpha value is -0.220. The minimum Gasteiger partial charge on any atom is -0.465 e. The van der Waals surface area contributed by atoms with Gasteiger partial charge in [-0.3, -0.25) is 4.79 Å². The molecule has 14 heavy (non-hydrogen) atoms. The second-order valence-corrected chi connectivity index (χ2v) is 5.32. The Morgan fingerprint density at radius 2 is 2.07 bits per heavy atom. The van der Waals surface area contributed by atoms with Gasteiger partial charge in [-0.05, 0) is 12.3 Å². The second-order valence-electron chi connectivity index (χ2n) is 4.29. The van der Waals surface area contributed by atoms with E-state index in [0.29, 0.717) is 12.4 Å². The van der Waals surface area contributed by atoms with E-state index in [1.165, 1.54) is 11.8 Å². The number of carbonyl (C=O) groups is 1. The van der Waals surface area contributed by atoms with Crippen LogP contribution in [0, 0.1) is 5.41 Å². The molecule has 4 heteroatoms. The topological polar surface area (TPSA) is 52.3 Å². The van der Waals surface area contributed by atoms with Crippen molar-refractivity contribution in [1.82, 2.24) is 0 Å². The van der Waals surface area contributed by atoms with Crippen LogP contribution < -0.4 is 5.73 Å². The summed E-state index contributed by atoms with van der Waals surface area (Å²) in [5, 5.41) is 0. The largest absolute Gasteiger partial charge is 0.465 e. The van der Waals surface area contributed by atoms with Gasteiger partial charge in [-0.2, -0.15) is 0 Å². The molecule has 0 aromatic carbocycles. The molecule has 0 spiro atoms. The van der Waals surface area contributed by atoms with Crippen molar-refractivity contribution >= 4 is 17.7 Å². The average molecular weight is 219 g/mol. The maximum Gasteiger partial charge on any atom is 0.315 e. The summed E-state index contributed by atoms with van der Waals surface area (Å²) in [7, 11) is 0. The van der Waals surface area contributed by atoms with Gasteiger partial charge in [0, 0.05) is 11.8 Å². The van der Waals surface area contributed by atoms with Crippen molar-refractivity contribution in [3.8, 4) is 0 Å². The number of thioether (sulfide) groups is 1. The van der Waals surface area contributed by atoms with Crippen molar-refractivity contribution < 1.29 is 9.53 Å². The maximum atomic E-state index is 11.0. The highest BCUT2D eigenvalue weighted by atomic mass is 32.2. The lowest BCUT2D eigenvalue weighted by Gasteiger charge is -2.26. The zero-order valence-electron chi connectivity index (χ0n) is 9.50. The zero-order chi connectivity index (χ0) is 11.2. The van der Waals surface area contributed by atoms with Gasteiger partial charge < -0.3 is 10.5 Å². The van der Waals surface area contributed by atoms with Gasteiger partial charge in [-0.1, -0.05) is 20.8 Å². The van der Waals surface area contributed by atoms with E-state index in [0.717, 1.165) is 5.75 Å². The fourth-order valence-electron chi connectivity index (χ4n) is 0.722. The first-order valence-corrected chi connectivity index (χ1v) is 6.02.